The highest BCUT2D eigenvalue weighted by molar-refractivity contribution is 6.26. The van der Waals surface area contributed by atoms with E-state index in [0.717, 1.165) is 21.5 Å². The van der Waals surface area contributed by atoms with E-state index < -0.39 is 0 Å². The molecule has 5 aromatic rings. The predicted octanol–water partition coefficient (Wildman–Crippen LogP) is 5.90. The summed E-state index contributed by atoms with van der Waals surface area (Å²) in [5.41, 5.74) is 0. The molecule has 0 saturated carbocycles. The van der Waals surface area contributed by atoms with E-state index in [4.69, 9.17) is 0 Å². The third kappa shape index (κ3) is 1.52. The normalized spacial score (nSPS) is 11.6. The van der Waals surface area contributed by atoms with Crippen molar-refractivity contribution in [1.29, 1.82) is 0 Å². The fourth-order valence-corrected chi connectivity index (χ4v) is 3.37. The van der Waals surface area contributed by atoms with Crippen molar-refractivity contribution >= 4 is 43.1 Å². The van der Waals surface area contributed by atoms with Gasteiger partial charge in [0.05, 0.1) is 0 Å². The zero-order valence-corrected chi connectivity index (χ0v) is 11.9. The molecule has 0 fully saturated rings. The molecule has 0 heteroatoms. The van der Waals surface area contributed by atoms with Gasteiger partial charge in [-0.05, 0) is 55.2 Å². The van der Waals surface area contributed by atoms with Crippen LogP contribution in [0.4, 0.5) is 0 Å². The topological polar surface area (TPSA) is 0 Å². The molecule has 0 aliphatic carbocycles. The van der Waals surface area contributed by atoms with Crippen LogP contribution < -0.4 is 0 Å². The zero-order valence-electron chi connectivity index (χ0n) is 11.9. The molecule has 22 heavy (non-hydrogen) atoms. The Morgan fingerprint density at radius 1 is 0.409 bits per heavy atom. The lowest BCUT2D eigenvalue weighted by Gasteiger charge is -2.10. The Morgan fingerprint density at radius 2 is 0.773 bits per heavy atom. The summed E-state index contributed by atoms with van der Waals surface area (Å²) in [5, 5.41) is 9.62. The van der Waals surface area contributed by atoms with Crippen molar-refractivity contribution in [2.75, 3.05) is 0 Å². The Hall–Kier alpha value is -2.86. The van der Waals surface area contributed by atoms with E-state index in [1.165, 1.54) is 21.5 Å². The fraction of sp³-hybridized carbons (Fsp3) is 0. The Bertz CT molecular complexity index is 1070. The first kappa shape index (κ1) is 11.8. The van der Waals surface area contributed by atoms with Gasteiger partial charge in [-0.1, -0.05) is 72.8 Å². The standard InChI is InChI=1S/C22H12/c1-2-8-16-14-22-20-12-6-4-10-18(20)17-9-3-5-11-19(17)21(22)13-15(16)7-1/h1-12H. The Labute approximate surface area is 128 Å². The lowest BCUT2D eigenvalue weighted by molar-refractivity contribution is 1.77. The highest BCUT2D eigenvalue weighted by Crippen LogP contribution is 2.36. The first-order chi connectivity index (χ1) is 10.9. The summed E-state index contributed by atoms with van der Waals surface area (Å²) >= 11 is 0. The van der Waals surface area contributed by atoms with Gasteiger partial charge in [-0.15, -0.1) is 0 Å². The summed E-state index contributed by atoms with van der Waals surface area (Å²) in [5.74, 6) is 0. The van der Waals surface area contributed by atoms with Crippen molar-refractivity contribution < 1.29 is 0 Å². The fourth-order valence-electron chi connectivity index (χ4n) is 3.37. The molecule has 0 bridgehead atoms. The molecule has 0 saturated heterocycles. The number of hydrogen-bond acceptors (Lipinski definition) is 0. The van der Waals surface area contributed by atoms with Crippen LogP contribution in [0.25, 0.3) is 43.1 Å². The minimum atomic E-state index is 1.12. The molecular formula is C22H12. The van der Waals surface area contributed by atoms with Crippen LogP contribution in [-0.2, 0) is 0 Å². The lowest BCUT2D eigenvalue weighted by Crippen LogP contribution is -1.84. The smallest absolute Gasteiger partial charge is 0.000718 e. The molecule has 0 aromatic heterocycles. The molecule has 0 N–H and O–H groups in total. The van der Waals surface area contributed by atoms with Crippen LogP contribution in [0, 0.1) is 12.1 Å². The van der Waals surface area contributed by atoms with Gasteiger partial charge in [-0.2, -0.15) is 0 Å². The summed E-state index contributed by atoms with van der Waals surface area (Å²) in [6, 6.07) is 32.7. The third-order valence-electron chi connectivity index (χ3n) is 4.38. The minimum Gasteiger partial charge on any atom is -0.0616 e. The maximum Gasteiger partial charge on any atom is -0.000718 e. The monoisotopic (exact) mass is 276 g/mol. The summed E-state index contributed by atoms with van der Waals surface area (Å²) in [4.78, 5) is 0. The van der Waals surface area contributed by atoms with E-state index in [2.05, 4.69) is 84.9 Å². The van der Waals surface area contributed by atoms with Crippen molar-refractivity contribution in [3.05, 3.63) is 84.9 Å². The first-order valence-electron chi connectivity index (χ1n) is 7.48. The molecule has 0 amide bonds. The average molecular weight is 276 g/mol. The van der Waals surface area contributed by atoms with Crippen LogP contribution in [0.5, 0.6) is 0 Å². The molecule has 5 rings (SSSR count). The minimum absolute atomic E-state index is 1.12. The Kier molecular flexibility index (Phi) is 2.31. The average Bonchev–Trinajstić information content (AvgIpc) is 2.61. The summed E-state index contributed by atoms with van der Waals surface area (Å²) in [6.45, 7) is 0. The van der Waals surface area contributed by atoms with Crippen LogP contribution >= 0.6 is 0 Å². The first-order valence-corrected chi connectivity index (χ1v) is 7.48. The molecule has 100 valence electrons. The number of benzene rings is 5. The van der Waals surface area contributed by atoms with E-state index in [0.29, 0.717) is 0 Å². The molecule has 0 unspecified atom stereocenters. The molecule has 0 nitrogen and oxygen atoms in total. The van der Waals surface area contributed by atoms with Gasteiger partial charge in [0.25, 0.3) is 0 Å². The van der Waals surface area contributed by atoms with Crippen LogP contribution in [-0.4, -0.2) is 0 Å². The highest BCUT2D eigenvalue weighted by atomic mass is 14.1. The van der Waals surface area contributed by atoms with Crippen molar-refractivity contribution in [3.63, 3.8) is 0 Å². The molecule has 0 heterocycles. The molecule has 5 aromatic carbocycles. The van der Waals surface area contributed by atoms with Crippen LogP contribution in [0.1, 0.15) is 0 Å². The number of hydrogen-bond donors (Lipinski definition) is 0. The molecule has 2 radical (unpaired) electrons. The van der Waals surface area contributed by atoms with E-state index in [1.54, 1.807) is 0 Å². The Balaban J connectivity index is 2.17. The SMILES string of the molecule is [c]1c2ccccc2[c]c2c1c1ccccc1c1ccccc21. The summed E-state index contributed by atoms with van der Waals surface area (Å²) in [6.07, 6.45) is 0. The second-order valence-corrected chi connectivity index (χ2v) is 5.64. The quantitative estimate of drug-likeness (QED) is 0.244. The van der Waals surface area contributed by atoms with Crippen molar-refractivity contribution in [2.24, 2.45) is 0 Å². The van der Waals surface area contributed by atoms with Crippen molar-refractivity contribution in [2.45, 2.75) is 0 Å². The highest BCUT2D eigenvalue weighted by Gasteiger charge is 2.09. The van der Waals surface area contributed by atoms with Gasteiger partial charge in [0.15, 0.2) is 0 Å². The molecular weight excluding hydrogens is 264 g/mol. The van der Waals surface area contributed by atoms with E-state index in [-0.39, 0.29) is 0 Å². The largest absolute Gasteiger partial charge is 0.0616 e. The maximum atomic E-state index is 3.61. The lowest BCUT2D eigenvalue weighted by atomic mass is 9.92. The second kappa shape index (κ2) is 4.32. The molecule has 0 aliphatic heterocycles. The van der Waals surface area contributed by atoms with Crippen LogP contribution in [0.15, 0.2) is 72.8 Å². The van der Waals surface area contributed by atoms with Gasteiger partial charge in [0.1, 0.15) is 0 Å². The van der Waals surface area contributed by atoms with Gasteiger partial charge in [0, 0.05) is 0 Å². The second-order valence-electron chi connectivity index (χ2n) is 5.64. The van der Waals surface area contributed by atoms with Gasteiger partial charge >= 0.3 is 0 Å². The van der Waals surface area contributed by atoms with Crippen LogP contribution in [0.3, 0.4) is 0 Å². The van der Waals surface area contributed by atoms with Gasteiger partial charge < -0.3 is 0 Å². The predicted molar refractivity (Wildman–Crippen MR) is 94.1 cm³/mol. The molecule has 0 aliphatic rings. The van der Waals surface area contributed by atoms with E-state index in [9.17, 15) is 0 Å². The maximum absolute atomic E-state index is 3.61. The summed E-state index contributed by atoms with van der Waals surface area (Å²) in [7, 11) is 0. The third-order valence-corrected chi connectivity index (χ3v) is 4.38. The zero-order chi connectivity index (χ0) is 14.5. The van der Waals surface area contributed by atoms with E-state index >= 15 is 0 Å². The molecule has 0 atom stereocenters. The Morgan fingerprint density at radius 3 is 1.23 bits per heavy atom. The van der Waals surface area contributed by atoms with Gasteiger partial charge in [-0.25, -0.2) is 0 Å². The van der Waals surface area contributed by atoms with E-state index in [1.807, 2.05) is 0 Å². The number of fused-ring (bicyclic) bond motifs is 7. The summed E-state index contributed by atoms with van der Waals surface area (Å²) < 4.78 is 0. The van der Waals surface area contributed by atoms with Gasteiger partial charge in [-0.3, -0.25) is 0 Å². The van der Waals surface area contributed by atoms with Crippen molar-refractivity contribution in [1.82, 2.24) is 0 Å². The van der Waals surface area contributed by atoms with Crippen LogP contribution in [0.2, 0.25) is 0 Å². The number of rotatable bonds is 0. The van der Waals surface area contributed by atoms with Gasteiger partial charge in [0.2, 0.25) is 0 Å². The molecule has 0 spiro atoms. The van der Waals surface area contributed by atoms with Crippen molar-refractivity contribution in [3.8, 4) is 0 Å².